The maximum Gasteiger partial charge on any atom is 0.143 e. The summed E-state index contributed by atoms with van der Waals surface area (Å²) in [6, 6.07) is 14.9. The van der Waals surface area contributed by atoms with Crippen molar-refractivity contribution in [3.63, 3.8) is 0 Å². The lowest BCUT2D eigenvalue weighted by Crippen LogP contribution is -2.27. The number of hydrogen-bond donors (Lipinski definition) is 1. The lowest BCUT2D eigenvalue weighted by Gasteiger charge is -2.11. The number of fused-ring (bicyclic) bond motifs is 1. The molecule has 0 aromatic heterocycles. The Morgan fingerprint density at radius 1 is 1.14 bits per heavy atom. The maximum atomic E-state index is 10.6. The third kappa shape index (κ3) is 4.96. The predicted octanol–water partition coefficient (Wildman–Crippen LogP) is 4.50. The Kier molecular flexibility index (Phi) is 5.73. The molecule has 1 saturated carbocycles. The van der Waals surface area contributed by atoms with Crippen LogP contribution in [0.4, 0.5) is 0 Å². The van der Waals surface area contributed by atoms with Crippen molar-refractivity contribution < 1.29 is 4.79 Å². The van der Waals surface area contributed by atoms with Crippen LogP contribution in [0.15, 0.2) is 42.5 Å². The van der Waals surface area contributed by atoms with E-state index in [-0.39, 0.29) is 5.78 Å². The number of rotatable bonds is 5. The lowest BCUT2D eigenvalue weighted by atomic mass is 10.0. The molecule has 0 heterocycles. The van der Waals surface area contributed by atoms with Crippen molar-refractivity contribution in [1.29, 1.82) is 0 Å². The molecule has 1 N–H and O–H groups in total. The monoisotopic (exact) mass is 297 g/mol. The van der Waals surface area contributed by atoms with Crippen LogP contribution in [0, 0.1) is 12.3 Å². The molecule has 1 fully saturated rings. The van der Waals surface area contributed by atoms with E-state index in [2.05, 4.69) is 61.6 Å². The highest BCUT2D eigenvalue weighted by molar-refractivity contribution is 5.82. The third-order valence-electron chi connectivity index (χ3n) is 4.49. The predicted molar refractivity (Wildman–Crippen MR) is 94.2 cm³/mol. The van der Waals surface area contributed by atoms with Gasteiger partial charge in [0.05, 0.1) is 6.54 Å². The molecule has 0 bridgehead atoms. The molecule has 0 spiro atoms. The molecule has 2 aromatic rings. The van der Waals surface area contributed by atoms with Crippen LogP contribution in [-0.4, -0.2) is 18.9 Å². The Hall–Kier alpha value is -1.67. The molecule has 0 saturated heterocycles. The van der Waals surface area contributed by atoms with E-state index < -0.39 is 0 Å². The van der Waals surface area contributed by atoms with E-state index in [4.69, 9.17) is 0 Å². The van der Waals surface area contributed by atoms with E-state index in [9.17, 15) is 4.79 Å². The minimum absolute atomic E-state index is 0.233. The average Bonchev–Trinajstić information content (AvgIpc) is 3.28. The number of hydrogen-bond acceptors (Lipinski definition) is 2. The summed E-state index contributed by atoms with van der Waals surface area (Å²) >= 11 is 0. The van der Waals surface area contributed by atoms with Gasteiger partial charge in [-0.15, -0.1) is 0 Å². The number of ketones is 1. The van der Waals surface area contributed by atoms with Crippen LogP contribution < -0.4 is 5.32 Å². The second kappa shape index (κ2) is 7.55. The Labute approximate surface area is 133 Å². The quantitative estimate of drug-likeness (QED) is 0.880. The molecule has 0 unspecified atom stereocenters. The number of carbonyl (C=O) groups excluding carboxylic acids is 1. The van der Waals surface area contributed by atoms with Crippen LogP contribution in [0.25, 0.3) is 10.8 Å². The van der Waals surface area contributed by atoms with Crippen molar-refractivity contribution in [2.24, 2.45) is 5.41 Å². The standard InChI is InChI=1S/C11H10.C9H17NO/c1-9-6-7-10-4-2-3-5-11(10)8-9;1-3-9(4-5-9)7-10-6-8(2)11/h2-8H,1H3;10H,3-7H2,1-2H3. The van der Waals surface area contributed by atoms with Crippen molar-refractivity contribution in [1.82, 2.24) is 5.32 Å². The Balaban J connectivity index is 0.000000160. The first-order chi connectivity index (χ1) is 10.5. The fourth-order valence-corrected chi connectivity index (χ4v) is 2.64. The number of benzene rings is 2. The van der Waals surface area contributed by atoms with Gasteiger partial charge in [-0.1, -0.05) is 55.0 Å². The maximum absolute atomic E-state index is 10.6. The molecule has 2 aromatic carbocycles. The highest BCUT2D eigenvalue weighted by Gasteiger charge is 2.39. The normalized spacial score (nSPS) is 15.0. The highest BCUT2D eigenvalue weighted by atomic mass is 16.1. The molecule has 3 rings (SSSR count). The Morgan fingerprint density at radius 2 is 1.82 bits per heavy atom. The molecule has 0 atom stereocenters. The zero-order valence-corrected chi connectivity index (χ0v) is 14.0. The Bertz CT molecular complexity index is 628. The number of carbonyl (C=O) groups is 1. The van der Waals surface area contributed by atoms with E-state index >= 15 is 0 Å². The first kappa shape index (κ1) is 16.7. The van der Waals surface area contributed by atoms with Crippen molar-refractivity contribution in [2.45, 2.75) is 40.0 Å². The molecule has 1 aliphatic carbocycles. The first-order valence-corrected chi connectivity index (χ1v) is 8.20. The van der Waals surface area contributed by atoms with Crippen LogP contribution in [0.1, 0.15) is 38.7 Å². The number of nitrogens with one attached hydrogen (secondary N) is 1. The van der Waals surface area contributed by atoms with Gasteiger partial charge in [0.25, 0.3) is 0 Å². The minimum Gasteiger partial charge on any atom is -0.309 e. The molecule has 2 nitrogen and oxygen atoms in total. The second-order valence-corrected chi connectivity index (χ2v) is 6.51. The van der Waals surface area contributed by atoms with Gasteiger partial charge in [-0.05, 0) is 49.3 Å². The summed E-state index contributed by atoms with van der Waals surface area (Å²) < 4.78 is 0. The summed E-state index contributed by atoms with van der Waals surface area (Å²) in [5.41, 5.74) is 1.89. The first-order valence-electron chi connectivity index (χ1n) is 8.20. The largest absolute Gasteiger partial charge is 0.309 e. The average molecular weight is 297 g/mol. The number of aryl methyl sites for hydroxylation is 1. The van der Waals surface area contributed by atoms with Crippen LogP contribution in [0.5, 0.6) is 0 Å². The SMILES string of the molecule is CCC1(CNCC(C)=O)CC1.Cc1ccc2ccccc2c1. The zero-order chi connectivity index (χ0) is 16.0. The van der Waals surface area contributed by atoms with Crippen molar-refractivity contribution in [2.75, 3.05) is 13.1 Å². The molecule has 0 aliphatic heterocycles. The van der Waals surface area contributed by atoms with Gasteiger partial charge < -0.3 is 5.32 Å². The molecular weight excluding hydrogens is 270 g/mol. The summed E-state index contributed by atoms with van der Waals surface area (Å²) in [7, 11) is 0. The van der Waals surface area contributed by atoms with Gasteiger partial charge in [0, 0.05) is 6.54 Å². The van der Waals surface area contributed by atoms with Gasteiger partial charge in [0.2, 0.25) is 0 Å². The molecule has 2 heteroatoms. The van der Waals surface area contributed by atoms with Crippen molar-refractivity contribution in [3.8, 4) is 0 Å². The summed E-state index contributed by atoms with van der Waals surface area (Å²) in [5, 5.41) is 5.83. The van der Waals surface area contributed by atoms with E-state index in [1.807, 2.05) is 0 Å². The van der Waals surface area contributed by atoms with Crippen molar-refractivity contribution >= 4 is 16.6 Å². The van der Waals surface area contributed by atoms with E-state index in [0.29, 0.717) is 12.0 Å². The lowest BCUT2D eigenvalue weighted by molar-refractivity contribution is -0.116. The van der Waals surface area contributed by atoms with Crippen LogP contribution in [-0.2, 0) is 4.79 Å². The van der Waals surface area contributed by atoms with E-state index in [1.165, 1.54) is 35.6 Å². The topological polar surface area (TPSA) is 29.1 Å². The van der Waals surface area contributed by atoms with Gasteiger partial charge in [-0.2, -0.15) is 0 Å². The summed E-state index contributed by atoms with van der Waals surface area (Å²) in [6.45, 7) is 7.54. The van der Waals surface area contributed by atoms with Crippen LogP contribution in [0.2, 0.25) is 0 Å². The van der Waals surface area contributed by atoms with Crippen LogP contribution in [0.3, 0.4) is 0 Å². The summed E-state index contributed by atoms with van der Waals surface area (Å²) in [6.07, 6.45) is 3.93. The van der Waals surface area contributed by atoms with Gasteiger partial charge in [0.1, 0.15) is 5.78 Å². The van der Waals surface area contributed by atoms with E-state index in [1.54, 1.807) is 6.92 Å². The minimum atomic E-state index is 0.233. The molecular formula is C20H27NO. The molecule has 0 amide bonds. The highest BCUT2D eigenvalue weighted by Crippen LogP contribution is 2.47. The van der Waals surface area contributed by atoms with Gasteiger partial charge in [-0.3, -0.25) is 4.79 Å². The number of Topliss-reactive ketones (excluding diaryl/α,β-unsaturated/α-hetero) is 1. The second-order valence-electron chi connectivity index (χ2n) is 6.51. The molecule has 118 valence electrons. The fourth-order valence-electron chi connectivity index (χ4n) is 2.64. The van der Waals surface area contributed by atoms with Gasteiger partial charge >= 0.3 is 0 Å². The van der Waals surface area contributed by atoms with Crippen LogP contribution >= 0.6 is 0 Å². The summed E-state index contributed by atoms with van der Waals surface area (Å²) in [4.78, 5) is 10.6. The van der Waals surface area contributed by atoms with Gasteiger partial charge in [-0.25, -0.2) is 0 Å². The fraction of sp³-hybridized carbons (Fsp3) is 0.450. The Morgan fingerprint density at radius 3 is 2.41 bits per heavy atom. The van der Waals surface area contributed by atoms with Gasteiger partial charge in [0.15, 0.2) is 0 Å². The third-order valence-corrected chi connectivity index (χ3v) is 4.49. The molecule has 1 aliphatic rings. The summed E-state index contributed by atoms with van der Waals surface area (Å²) in [5.74, 6) is 0.233. The molecule has 22 heavy (non-hydrogen) atoms. The van der Waals surface area contributed by atoms with Crippen molar-refractivity contribution in [3.05, 3.63) is 48.0 Å². The molecule has 0 radical (unpaired) electrons. The smallest absolute Gasteiger partial charge is 0.143 e. The zero-order valence-electron chi connectivity index (χ0n) is 14.0. The van der Waals surface area contributed by atoms with E-state index in [0.717, 1.165) is 6.54 Å².